The van der Waals surface area contributed by atoms with Crippen LogP contribution in [0.1, 0.15) is 45.2 Å². The van der Waals surface area contributed by atoms with Crippen molar-refractivity contribution in [3.8, 4) is 0 Å². The molecule has 1 atom stereocenters. The van der Waals surface area contributed by atoms with Crippen molar-refractivity contribution in [2.24, 2.45) is 11.7 Å². The van der Waals surface area contributed by atoms with Crippen molar-refractivity contribution in [3.05, 3.63) is 35.4 Å². The minimum atomic E-state index is -0.544. The molecule has 0 aliphatic rings. The fourth-order valence-electron chi connectivity index (χ4n) is 2.62. The third-order valence-corrected chi connectivity index (χ3v) is 3.99. The summed E-state index contributed by atoms with van der Waals surface area (Å²) < 4.78 is 26.8. The number of nitrogens with two attached hydrogens (primary N) is 1. The molecule has 1 unspecified atom stereocenters. The van der Waals surface area contributed by atoms with Gasteiger partial charge in [0.25, 0.3) is 0 Å². The van der Waals surface area contributed by atoms with Gasteiger partial charge >= 0.3 is 0 Å². The molecule has 0 heterocycles. The van der Waals surface area contributed by atoms with Crippen molar-refractivity contribution in [1.82, 2.24) is 4.90 Å². The maximum absolute atomic E-state index is 13.4. The van der Waals surface area contributed by atoms with Gasteiger partial charge in [0, 0.05) is 25.2 Å². The van der Waals surface area contributed by atoms with Crippen LogP contribution in [0.2, 0.25) is 0 Å². The summed E-state index contributed by atoms with van der Waals surface area (Å²) in [5, 5.41) is 0. The Bertz CT molecular complexity index is 385. The number of halogens is 2. The van der Waals surface area contributed by atoms with Crippen LogP contribution < -0.4 is 5.73 Å². The van der Waals surface area contributed by atoms with Crippen LogP contribution in [0.5, 0.6) is 0 Å². The van der Waals surface area contributed by atoms with Crippen LogP contribution in [-0.2, 0) is 0 Å². The molecule has 2 nitrogen and oxygen atoms in total. The van der Waals surface area contributed by atoms with E-state index in [-0.39, 0.29) is 6.04 Å². The summed E-state index contributed by atoms with van der Waals surface area (Å²) in [6.45, 7) is 8.47. The Balaban J connectivity index is 2.96. The second-order valence-corrected chi connectivity index (χ2v) is 5.22. The van der Waals surface area contributed by atoms with E-state index in [1.54, 1.807) is 0 Å². The summed E-state index contributed by atoms with van der Waals surface area (Å²) in [4.78, 5) is 2.21. The van der Waals surface area contributed by atoms with Crippen LogP contribution in [0, 0.1) is 17.6 Å². The van der Waals surface area contributed by atoms with E-state index in [9.17, 15) is 8.78 Å². The zero-order valence-electron chi connectivity index (χ0n) is 12.7. The van der Waals surface area contributed by atoms with Crippen LogP contribution in [0.25, 0.3) is 0 Å². The molecular formula is C16H26F2N2. The molecule has 1 aromatic carbocycles. The molecule has 2 N–H and O–H groups in total. The second kappa shape index (κ2) is 8.32. The van der Waals surface area contributed by atoms with Crippen molar-refractivity contribution in [1.29, 1.82) is 0 Å². The number of nitrogens with zero attached hydrogens (tertiary/aromatic N) is 1. The van der Waals surface area contributed by atoms with E-state index in [0.29, 0.717) is 18.0 Å². The van der Waals surface area contributed by atoms with Gasteiger partial charge in [-0.25, -0.2) is 8.78 Å². The van der Waals surface area contributed by atoms with Crippen LogP contribution in [0.15, 0.2) is 18.2 Å². The molecule has 0 radical (unpaired) electrons. The molecule has 0 amide bonds. The van der Waals surface area contributed by atoms with Crippen molar-refractivity contribution >= 4 is 0 Å². The van der Waals surface area contributed by atoms with Crippen LogP contribution in [0.3, 0.4) is 0 Å². The predicted octanol–water partition coefficient (Wildman–Crippen LogP) is 3.72. The summed E-state index contributed by atoms with van der Waals surface area (Å²) in [5.41, 5.74) is 6.48. The van der Waals surface area contributed by atoms with Crippen LogP contribution in [0.4, 0.5) is 8.78 Å². The molecule has 4 heteroatoms. The van der Waals surface area contributed by atoms with Gasteiger partial charge in [-0.15, -0.1) is 0 Å². The van der Waals surface area contributed by atoms with E-state index >= 15 is 0 Å². The highest BCUT2D eigenvalue weighted by Gasteiger charge is 2.21. The third-order valence-electron chi connectivity index (χ3n) is 3.99. The highest BCUT2D eigenvalue weighted by atomic mass is 19.1. The van der Waals surface area contributed by atoms with E-state index in [1.807, 2.05) is 0 Å². The number of hydrogen-bond acceptors (Lipinski definition) is 2. The lowest BCUT2D eigenvalue weighted by Crippen LogP contribution is -2.37. The molecule has 0 aliphatic carbocycles. The van der Waals surface area contributed by atoms with Gasteiger partial charge < -0.3 is 5.73 Å². The number of rotatable bonds is 8. The Labute approximate surface area is 121 Å². The summed E-state index contributed by atoms with van der Waals surface area (Å²) in [7, 11) is 0. The number of likely N-dealkylation sites (N-methyl/N-ethyl adjacent to an activating group) is 1. The zero-order valence-corrected chi connectivity index (χ0v) is 12.7. The molecule has 20 heavy (non-hydrogen) atoms. The Hall–Kier alpha value is -1.00. The van der Waals surface area contributed by atoms with Crippen LogP contribution in [-0.4, -0.2) is 24.5 Å². The van der Waals surface area contributed by atoms with Gasteiger partial charge in [-0.1, -0.05) is 33.6 Å². The van der Waals surface area contributed by atoms with E-state index in [4.69, 9.17) is 5.73 Å². The lowest BCUT2D eigenvalue weighted by molar-refractivity contribution is 0.174. The summed E-state index contributed by atoms with van der Waals surface area (Å²) in [6.07, 6.45) is 2.20. The van der Waals surface area contributed by atoms with E-state index in [0.717, 1.165) is 32.0 Å². The Morgan fingerprint density at radius 1 is 1.05 bits per heavy atom. The zero-order chi connectivity index (χ0) is 15.1. The molecule has 0 aromatic heterocycles. The van der Waals surface area contributed by atoms with Crippen molar-refractivity contribution < 1.29 is 8.78 Å². The van der Waals surface area contributed by atoms with Gasteiger partial charge in [-0.05, 0) is 30.2 Å². The molecule has 0 aliphatic heterocycles. The summed E-state index contributed by atoms with van der Waals surface area (Å²) in [6, 6.07) is 3.53. The van der Waals surface area contributed by atoms with Gasteiger partial charge in [0.05, 0.1) is 0 Å². The van der Waals surface area contributed by atoms with Gasteiger partial charge in [-0.3, -0.25) is 4.90 Å². The molecular weight excluding hydrogens is 258 g/mol. The number of hydrogen-bond donors (Lipinski definition) is 1. The lowest BCUT2D eigenvalue weighted by atomic mass is 9.99. The standard InChI is InChI=1S/C16H26F2N2/c1-4-12(5-2)11-20(6-3)16(10-19)13-7-14(17)9-15(18)8-13/h7-9,12,16H,4-6,10-11,19H2,1-3H3. The first-order valence-corrected chi connectivity index (χ1v) is 7.45. The fraction of sp³-hybridized carbons (Fsp3) is 0.625. The van der Waals surface area contributed by atoms with Crippen molar-refractivity contribution in [2.75, 3.05) is 19.6 Å². The smallest absolute Gasteiger partial charge is 0.126 e. The Morgan fingerprint density at radius 2 is 1.60 bits per heavy atom. The predicted molar refractivity (Wildman–Crippen MR) is 79.5 cm³/mol. The number of benzene rings is 1. The SMILES string of the molecule is CCC(CC)CN(CC)C(CN)c1cc(F)cc(F)c1. The molecule has 1 aromatic rings. The van der Waals surface area contributed by atoms with Gasteiger partial charge in [-0.2, -0.15) is 0 Å². The van der Waals surface area contributed by atoms with E-state index < -0.39 is 11.6 Å². The minimum Gasteiger partial charge on any atom is -0.329 e. The highest BCUT2D eigenvalue weighted by molar-refractivity contribution is 5.22. The summed E-state index contributed by atoms with van der Waals surface area (Å²) in [5.74, 6) is -0.503. The maximum atomic E-state index is 13.4. The first-order valence-electron chi connectivity index (χ1n) is 7.45. The first-order chi connectivity index (χ1) is 9.55. The highest BCUT2D eigenvalue weighted by Crippen LogP contribution is 2.24. The molecule has 114 valence electrons. The minimum absolute atomic E-state index is 0.134. The normalized spacial score (nSPS) is 13.2. The molecule has 0 bridgehead atoms. The largest absolute Gasteiger partial charge is 0.329 e. The molecule has 1 rings (SSSR count). The monoisotopic (exact) mass is 284 g/mol. The topological polar surface area (TPSA) is 29.3 Å². The Kier molecular flexibility index (Phi) is 7.10. The third kappa shape index (κ3) is 4.53. The van der Waals surface area contributed by atoms with Gasteiger partial charge in [0.2, 0.25) is 0 Å². The molecule has 0 fully saturated rings. The van der Waals surface area contributed by atoms with E-state index in [1.165, 1.54) is 12.1 Å². The average Bonchev–Trinajstić information content (AvgIpc) is 2.42. The Morgan fingerprint density at radius 3 is 2.00 bits per heavy atom. The van der Waals surface area contributed by atoms with Crippen molar-refractivity contribution in [3.63, 3.8) is 0 Å². The quantitative estimate of drug-likeness (QED) is 0.788. The molecule has 0 spiro atoms. The first kappa shape index (κ1) is 17.1. The molecule has 0 saturated carbocycles. The lowest BCUT2D eigenvalue weighted by Gasteiger charge is -2.33. The van der Waals surface area contributed by atoms with Gasteiger partial charge in [0.15, 0.2) is 0 Å². The maximum Gasteiger partial charge on any atom is 0.126 e. The molecule has 0 saturated heterocycles. The van der Waals surface area contributed by atoms with Crippen molar-refractivity contribution in [2.45, 2.75) is 39.7 Å². The fourth-order valence-corrected chi connectivity index (χ4v) is 2.62. The van der Waals surface area contributed by atoms with Crippen LogP contribution >= 0.6 is 0 Å². The van der Waals surface area contributed by atoms with Gasteiger partial charge in [0.1, 0.15) is 11.6 Å². The van der Waals surface area contributed by atoms with E-state index in [2.05, 4.69) is 25.7 Å². The average molecular weight is 284 g/mol. The second-order valence-electron chi connectivity index (χ2n) is 5.22. The summed E-state index contributed by atoms with van der Waals surface area (Å²) >= 11 is 0.